The third-order valence-corrected chi connectivity index (χ3v) is 7.94. The van der Waals surface area contributed by atoms with Crippen LogP contribution in [-0.2, 0) is 31.6 Å². The molecule has 2 aliphatic heterocycles. The summed E-state index contributed by atoms with van der Waals surface area (Å²) in [7, 11) is -17.3. The van der Waals surface area contributed by atoms with E-state index in [1.54, 1.807) is 0 Å². The number of hydrogen-bond donors (Lipinski definition) is 7. The highest BCUT2D eigenvalue weighted by Crippen LogP contribution is 2.66. The van der Waals surface area contributed by atoms with E-state index >= 15 is 0 Å². The van der Waals surface area contributed by atoms with Gasteiger partial charge in [-0.25, -0.2) is 23.1 Å². The number of aliphatic imine (C=N–C) groups is 1. The lowest BCUT2D eigenvalue weighted by atomic mass is 9.94. The van der Waals surface area contributed by atoms with Gasteiger partial charge in [0.15, 0.2) is 5.60 Å². The van der Waals surface area contributed by atoms with E-state index in [0.717, 1.165) is 17.2 Å². The fourth-order valence-corrected chi connectivity index (χ4v) is 5.88. The first-order valence-corrected chi connectivity index (χ1v) is 12.8. The van der Waals surface area contributed by atoms with Crippen molar-refractivity contribution in [3.8, 4) is 6.07 Å². The van der Waals surface area contributed by atoms with E-state index in [9.17, 15) is 38.5 Å². The molecule has 17 nitrogen and oxygen atoms in total. The second kappa shape index (κ2) is 9.25. The molecule has 2 rings (SSSR count). The maximum atomic E-state index is 14.0. The van der Waals surface area contributed by atoms with Crippen LogP contribution in [0, 0.1) is 11.3 Å². The summed E-state index contributed by atoms with van der Waals surface area (Å²) in [5, 5.41) is 30.5. The van der Waals surface area contributed by atoms with Gasteiger partial charge in [0.2, 0.25) is 0 Å². The molecule has 0 saturated carbocycles. The lowest BCUT2D eigenvalue weighted by Gasteiger charge is -2.38. The highest BCUT2D eigenvalue weighted by atomic mass is 31.3. The summed E-state index contributed by atoms with van der Waals surface area (Å²) in [4.78, 5) is 40.3. The number of nitrogens with two attached hydrogens (primary N) is 1. The van der Waals surface area contributed by atoms with Crippen molar-refractivity contribution in [3.63, 3.8) is 0 Å². The first-order chi connectivity index (χ1) is 14.9. The SMILES string of the molecule is C=C1N=C(N)C=CN1[C@]1(C#N)O[C@](CF)(COP(=O)(O)OP(=O)(O)OP(=O)(O)O)[C@@H](O)[C@H]1O. The Morgan fingerprint density at radius 1 is 1.24 bits per heavy atom. The van der Waals surface area contributed by atoms with Gasteiger partial charge in [0.1, 0.15) is 36.6 Å². The van der Waals surface area contributed by atoms with Crippen molar-refractivity contribution in [2.75, 3.05) is 13.3 Å². The van der Waals surface area contributed by atoms with Crippen LogP contribution in [0.15, 0.2) is 29.7 Å². The van der Waals surface area contributed by atoms with Gasteiger partial charge in [-0.3, -0.25) is 9.42 Å². The lowest BCUT2D eigenvalue weighted by molar-refractivity contribution is -0.172. The predicted octanol–water partition coefficient (Wildman–Crippen LogP) is -1.33. The van der Waals surface area contributed by atoms with Gasteiger partial charge in [0.25, 0.3) is 5.72 Å². The minimum absolute atomic E-state index is 0.0539. The molecule has 2 aliphatic rings. The molecule has 2 unspecified atom stereocenters. The molecular formula is C12H18FN4O13P3. The Hall–Kier alpha value is -1.54. The lowest BCUT2D eigenvalue weighted by Crippen LogP contribution is -2.53. The quantitative estimate of drug-likeness (QED) is 0.167. The summed E-state index contributed by atoms with van der Waals surface area (Å²) in [6.07, 6.45) is -2.31. The first-order valence-electron chi connectivity index (χ1n) is 8.25. The third-order valence-electron chi connectivity index (χ3n) is 4.16. The molecule has 0 spiro atoms. The van der Waals surface area contributed by atoms with Crippen LogP contribution in [0.1, 0.15) is 0 Å². The molecule has 21 heteroatoms. The summed E-state index contributed by atoms with van der Waals surface area (Å²) in [6, 6.07) is 1.52. The van der Waals surface area contributed by atoms with Gasteiger partial charge in [-0.15, -0.1) is 0 Å². The van der Waals surface area contributed by atoms with Crippen molar-refractivity contribution in [1.82, 2.24) is 4.90 Å². The molecule has 8 N–H and O–H groups in total. The Morgan fingerprint density at radius 3 is 2.33 bits per heavy atom. The van der Waals surface area contributed by atoms with Crippen LogP contribution in [-0.4, -0.2) is 77.3 Å². The average Bonchev–Trinajstić information content (AvgIpc) is 2.86. The summed E-state index contributed by atoms with van der Waals surface area (Å²) >= 11 is 0. The molecule has 0 aromatic heterocycles. The Morgan fingerprint density at radius 2 is 1.85 bits per heavy atom. The number of aliphatic hydroxyl groups excluding tert-OH is 2. The standard InChI is InChI=1S/C12H18FN4O13P3/c1-7-16-8(15)2-3-17(7)12(5-14)10(19)9(18)11(4-13,28-12)6-27-32(23,24)30-33(25,26)29-31(20,21)22/h2-3,9-10,18-19H,1,4,6H2,(H2,15,16)(H,23,24)(H,25,26)(H2,20,21,22)/t9-,10+,11+,12+/m0/s1. The number of rotatable bonds is 9. The van der Waals surface area contributed by atoms with E-state index in [1.165, 1.54) is 6.07 Å². The predicted molar refractivity (Wildman–Crippen MR) is 102 cm³/mol. The van der Waals surface area contributed by atoms with E-state index in [1.807, 2.05) is 0 Å². The van der Waals surface area contributed by atoms with E-state index in [-0.39, 0.29) is 11.7 Å². The Bertz CT molecular complexity index is 1060. The Kier molecular flexibility index (Phi) is 7.77. The molecule has 186 valence electrons. The van der Waals surface area contributed by atoms with E-state index in [0.29, 0.717) is 0 Å². The van der Waals surface area contributed by atoms with E-state index in [4.69, 9.17) is 25.2 Å². The highest BCUT2D eigenvalue weighted by molar-refractivity contribution is 7.66. The second-order valence-corrected chi connectivity index (χ2v) is 10.9. The number of ether oxygens (including phenoxy) is 1. The number of phosphoric acid groups is 3. The minimum Gasteiger partial charge on any atom is -0.387 e. The monoisotopic (exact) mass is 538 g/mol. The van der Waals surface area contributed by atoms with Crippen molar-refractivity contribution in [3.05, 3.63) is 24.7 Å². The molecule has 1 saturated heterocycles. The topological polar surface area (TPSA) is 275 Å². The summed E-state index contributed by atoms with van der Waals surface area (Å²) < 4.78 is 64.6. The van der Waals surface area contributed by atoms with Crippen molar-refractivity contribution >= 4 is 29.3 Å². The van der Waals surface area contributed by atoms with Gasteiger partial charge in [-0.1, -0.05) is 6.58 Å². The maximum absolute atomic E-state index is 14.0. The normalized spacial score (nSPS) is 33.8. The van der Waals surface area contributed by atoms with E-state index < -0.39 is 60.3 Å². The number of amidine groups is 1. The second-order valence-electron chi connectivity index (χ2n) is 6.50. The Labute approximate surface area is 184 Å². The molecule has 0 aromatic carbocycles. The summed E-state index contributed by atoms with van der Waals surface area (Å²) in [6.45, 7) is 0.257. The smallest absolute Gasteiger partial charge is 0.387 e. The summed E-state index contributed by atoms with van der Waals surface area (Å²) in [5.41, 5.74) is 0.152. The van der Waals surface area contributed by atoms with Crippen LogP contribution in [0.2, 0.25) is 0 Å². The van der Waals surface area contributed by atoms with Crippen LogP contribution >= 0.6 is 23.5 Å². The molecule has 0 aliphatic carbocycles. The van der Waals surface area contributed by atoms with E-state index in [2.05, 4.69) is 24.7 Å². The number of aliphatic hydroxyl groups is 2. The van der Waals surface area contributed by atoms with Gasteiger partial charge < -0.3 is 40.3 Å². The zero-order valence-electron chi connectivity index (χ0n) is 16.1. The molecule has 6 atom stereocenters. The fourth-order valence-electron chi connectivity index (χ4n) is 2.80. The van der Waals surface area contributed by atoms with Gasteiger partial charge in [-0.05, 0) is 6.08 Å². The first kappa shape index (κ1) is 27.7. The van der Waals surface area contributed by atoms with Crippen molar-refractivity contribution in [2.24, 2.45) is 10.7 Å². The van der Waals surface area contributed by atoms with Gasteiger partial charge in [-0.2, -0.15) is 13.9 Å². The van der Waals surface area contributed by atoms with Gasteiger partial charge >= 0.3 is 23.5 Å². The minimum atomic E-state index is -5.88. The number of hydrogen-bond acceptors (Lipinski definition) is 13. The van der Waals surface area contributed by atoms with Crippen molar-refractivity contribution in [2.45, 2.75) is 23.5 Å². The van der Waals surface area contributed by atoms with Gasteiger partial charge in [0.05, 0.1) is 6.61 Å². The fraction of sp³-hybridized carbons (Fsp3) is 0.500. The van der Waals surface area contributed by atoms with Crippen LogP contribution in [0.5, 0.6) is 0 Å². The zero-order chi connectivity index (χ0) is 25.5. The molecule has 0 aromatic rings. The molecular weight excluding hydrogens is 520 g/mol. The van der Waals surface area contributed by atoms with Crippen molar-refractivity contribution in [1.29, 1.82) is 5.26 Å². The summed E-state index contributed by atoms with van der Waals surface area (Å²) in [5.74, 6) is -0.327. The number of phosphoric ester groups is 1. The maximum Gasteiger partial charge on any atom is 0.490 e. The largest absolute Gasteiger partial charge is 0.490 e. The van der Waals surface area contributed by atoms with Crippen LogP contribution in [0.3, 0.4) is 0 Å². The number of nitrogens with zero attached hydrogens (tertiary/aromatic N) is 3. The molecule has 33 heavy (non-hydrogen) atoms. The zero-order valence-corrected chi connectivity index (χ0v) is 18.8. The number of halogens is 1. The third kappa shape index (κ3) is 5.94. The molecule has 0 amide bonds. The van der Waals surface area contributed by atoms with Crippen LogP contribution in [0.25, 0.3) is 0 Å². The number of nitriles is 1. The van der Waals surface area contributed by atoms with Crippen molar-refractivity contribution < 1.29 is 65.8 Å². The Balaban J connectivity index is 2.29. The molecule has 2 heterocycles. The van der Waals surface area contributed by atoms with Crippen LogP contribution < -0.4 is 5.73 Å². The van der Waals surface area contributed by atoms with Crippen LogP contribution in [0.4, 0.5) is 4.39 Å². The molecule has 1 fully saturated rings. The highest BCUT2D eigenvalue weighted by Gasteiger charge is 2.66. The molecule has 0 radical (unpaired) electrons. The average molecular weight is 538 g/mol. The number of alkyl halides is 1. The molecule has 0 bridgehead atoms. The van der Waals surface area contributed by atoms with Gasteiger partial charge in [0, 0.05) is 6.20 Å².